The van der Waals surface area contributed by atoms with Crippen LogP contribution >= 0.6 is 11.3 Å². The Morgan fingerprint density at radius 3 is 2.75 bits per heavy atom. The molecule has 1 atom stereocenters. The van der Waals surface area contributed by atoms with Crippen molar-refractivity contribution in [3.8, 4) is 11.3 Å². The summed E-state index contributed by atoms with van der Waals surface area (Å²) < 4.78 is 0. The molecule has 5 nitrogen and oxygen atoms in total. The fourth-order valence-electron chi connectivity index (χ4n) is 5.77. The smallest absolute Gasteiger partial charge is 0.226 e. The summed E-state index contributed by atoms with van der Waals surface area (Å²) in [5, 5.41) is 3.47. The molecule has 0 unspecified atom stereocenters. The first-order valence-electron chi connectivity index (χ1n) is 11.8. The molecular weight excluding hydrogens is 414 g/mol. The van der Waals surface area contributed by atoms with E-state index in [9.17, 15) is 0 Å². The maximum absolute atomic E-state index is 5.25. The highest BCUT2D eigenvalue weighted by Crippen LogP contribution is 2.41. The van der Waals surface area contributed by atoms with Crippen LogP contribution in [0.1, 0.15) is 51.7 Å². The maximum Gasteiger partial charge on any atom is 0.226 e. The number of anilines is 1. The number of nitrogens with zero attached hydrogens (tertiary/aromatic N) is 4. The summed E-state index contributed by atoms with van der Waals surface area (Å²) in [4.78, 5) is 18.9. The Balaban J connectivity index is 1.44. The van der Waals surface area contributed by atoms with Gasteiger partial charge < -0.3 is 10.2 Å². The van der Waals surface area contributed by atoms with Gasteiger partial charge in [0.1, 0.15) is 0 Å². The molecule has 4 heterocycles. The van der Waals surface area contributed by atoms with E-state index in [1.807, 2.05) is 5.51 Å². The van der Waals surface area contributed by atoms with Gasteiger partial charge in [-0.05, 0) is 57.6 Å². The van der Waals surface area contributed by atoms with E-state index in [2.05, 4.69) is 54.2 Å². The first kappa shape index (κ1) is 20.3. The summed E-state index contributed by atoms with van der Waals surface area (Å²) >= 11 is 1.80. The molecule has 1 aliphatic carbocycles. The molecule has 1 spiro atoms. The van der Waals surface area contributed by atoms with Crippen LogP contribution in [0.25, 0.3) is 11.3 Å². The van der Waals surface area contributed by atoms with Gasteiger partial charge in [-0.15, -0.1) is 11.3 Å². The average molecular weight is 446 g/mol. The lowest BCUT2D eigenvalue weighted by Crippen LogP contribution is -2.54. The third-order valence-corrected chi connectivity index (χ3v) is 9.09. The van der Waals surface area contributed by atoms with Crippen molar-refractivity contribution in [2.75, 3.05) is 31.1 Å². The molecule has 1 aromatic carbocycles. The van der Waals surface area contributed by atoms with Gasteiger partial charge in [-0.2, -0.15) is 0 Å². The second-order valence-corrected chi connectivity index (χ2v) is 10.9. The van der Waals surface area contributed by atoms with E-state index in [0.29, 0.717) is 11.3 Å². The van der Waals surface area contributed by atoms with E-state index in [-0.39, 0.29) is 0 Å². The number of aromatic nitrogens is 3. The molecule has 1 N–H and O–H groups in total. The first-order valence-corrected chi connectivity index (χ1v) is 12.7. The molecule has 2 aromatic heterocycles. The van der Waals surface area contributed by atoms with Gasteiger partial charge in [0.25, 0.3) is 0 Å². The van der Waals surface area contributed by atoms with Gasteiger partial charge in [0.05, 0.1) is 22.6 Å². The van der Waals surface area contributed by atoms with Crippen LogP contribution in [0.2, 0.25) is 0 Å². The zero-order valence-electron chi connectivity index (χ0n) is 19.2. The van der Waals surface area contributed by atoms with E-state index in [0.717, 1.165) is 51.4 Å². The average Bonchev–Trinajstić information content (AvgIpc) is 3.41. The van der Waals surface area contributed by atoms with E-state index < -0.39 is 0 Å². The van der Waals surface area contributed by atoms with Crippen molar-refractivity contribution in [3.05, 3.63) is 56.7 Å². The Labute approximate surface area is 194 Å². The van der Waals surface area contributed by atoms with Crippen molar-refractivity contribution in [1.82, 2.24) is 20.3 Å². The summed E-state index contributed by atoms with van der Waals surface area (Å²) in [5.74, 6) is 1.45. The minimum Gasteiger partial charge on any atom is -0.340 e. The van der Waals surface area contributed by atoms with E-state index >= 15 is 0 Å². The SMILES string of the molecule is Cc1cccc(-c2nc(N3CCC4(CNC4)C3)nc3c2CC[C@H](c2scnc2C)C3)c1C. The summed E-state index contributed by atoms with van der Waals surface area (Å²) in [5.41, 5.74) is 11.3. The normalized spacial score (nSPS) is 21.6. The van der Waals surface area contributed by atoms with Crippen molar-refractivity contribution in [2.45, 2.75) is 52.4 Å². The van der Waals surface area contributed by atoms with Gasteiger partial charge >= 0.3 is 0 Å². The molecule has 0 amide bonds. The second-order valence-electron chi connectivity index (χ2n) is 10.1. The number of hydrogen-bond acceptors (Lipinski definition) is 6. The van der Waals surface area contributed by atoms with Gasteiger partial charge in [0.2, 0.25) is 5.95 Å². The lowest BCUT2D eigenvalue weighted by Gasteiger charge is -2.39. The van der Waals surface area contributed by atoms with E-state index in [4.69, 9.17) is 9.97 Å². The number of hydrogen-bond donors (Lipinski definition) is 1. The van der Waals surface area contributed by atoms with Crippen LogP contribution in [0.3, 0.4) is 0 Å². The maximum atomic E-state index is 5.25. The molecule has 2 saturated heterocycles. The van der Waals surface area contributed by atoms with Crippen LogP contribution in [-0.2, 0) is 12.8 Å². The Morgan fingerprint density at radius 1 is 1.16 bits per heavy atom. The topological polar surface area (TPSA) is 53.9 Å². The molecule has 0 saturated carbocycles. The molecule has 32 heavy (non-hydrogen) atoms. The quantitative estimate of drug-likeness (QED) is 0.639. The summed E-state index contributed by atoms with van der Waals surface area (Å²) in [6.45, 7) is 11.0. The van der Waals surface area contributed by atoms with Crippen molar-refractivity contribution in [2.24, 2.45) is 5.41 Å². The lowest BCUT2D eigenvalue weighted by atomic mass is 9.81. The molecule has 6 heteroatoms. The van der Waals surface area contributed by atoms with Crippen molar-refractivity contribution < 1.29 is 0 Å². The summed E-state index contributed by atoms with van der Waals surface area (Å²) in [6.07, 6.45) is 4.41. The number of thiazole rings is 1. The molecule has 3 aliphatic rings. The van der Waals surface area contributed by atoms with Crippen LogP contribution in [0.15, 0.2) is 23.7 Å². The summed E-state index contributed by atoms with van der Waals surface area (Å²) in [6, 6.07) is 6.61. The molecule has 166 valence electrons. The second kappa shape index (κ2) is 7.63. The summed E-state index contributed by atoms with van der Waals surface area (Å²) in [7, 11) is 0. The van der Waals surface area contributed by atoms with E-state index in [1.54, 1.807) is 11.3 Å². The van der Waals surface area contributed by atoms with Gasteiger partial charge in [0.15, 0.2) is 0 Å². The monoisotopic (exact) mass is 445 g/mol. The Hall–Kier alpha value is -2.31. The highest BCUT2D eigenvalue weighted by atomic mass is 32.1. The van der Waals surface area contributed by atoms with Crippen molar-refractivity contribution in [3.63, 3.8) is 0 Å². The number of aryl methyl sites for hydroxylation is 2. The molecule has 2 fully saturated rings. The Kier molecular flexibility index (Phi) is 4.84. The minimum absolute atomic E-state index is 0.432. The highest BCUT2D eigenvalue weighted by Gasteiger charge is 2.44. The first-order chi connectivity index (χ1) is 15.5. The highest BCUT2D eigenvalue weighted by molar-refractivity contribution is 7.09. The largest absolute Gasteiger partial charge is 0.340 e. The number of rotatable bonds is 3. The van der Waals surface area contributed by atoms with Crippen molar-refractivity contribution in [1.29, 1.82) is 0 Å². The van der Waals surface area contributed by atoms with Crippen LogP contribution in [0.4, 0.5) is 5.95 Å². The van der Waals surface area contributed by atoms with Gasteiger partial charge in [-0.25, -0.2) is 15.0 Å². The fourth-order valence-corrected chi connectivity index (χ4v) is 6.72. The number of fused-ring (bicyclic) bond motifs is 1. The van der Waals surface area contributed by atoms with Crippen LogP contribution in [0.5, 0.6) is 0 Å². The molecule has 0 radical (unpaired) electrons. The van der Waals surface area contributed by atoms with Crippen LogP contribution < -0.4 is 10.2 Å². The number of nitrogens with one attached hydrogen (secondary N) is 1. The van der Waals surface area contributed by atoms with Crippen LogP contribution in [-0.4, -0.2) is 41.1 Å². The number of benzene rings is 1. The molecule has 0 bridgehead atoms. The standard InChI is InChI=1S/C26H31N5S/c1-16-5-4-6-20(17(16)2)23-21-8-7-19(24-18(3)28-15-32-24)11-22(21)29-25(30-23)31-10-9-26(14-31)12-27-13-26/h4-6,15,19,27H,7-14H2,1-3H3/t19-/m0/s1. The van der Waals surface area contributed by atoms with Gasteiger partial charge in [-0.3, -0.25) is 0 Å². The lowest BCUT2D eigenvalue weighted by molar-refractivity contribution is 0.199. The van der Waals surface area contributed by atoms with Gasteiger partial charge in [0, 0.05) is 53.5 Å². The zero-order chi connectivity index (χ0) is 21.9. The van der Waals surface area contributed by atoms with Crippen molar-refractivity contribution >= 4 is 17.3 Å². The third-order valence-electron chi connectivity index (χ3n) is 8.00. The zero-order valence-corrected chi connectivity index (χ0v) is 20.1. The molecular formula is C26H31N5S. The third kappa shape index (κ3) is 3.27. The minimum atomic E-state index is 0.432. The molecule has 2 aliphatic heterocycles. The van der Waals surface area contributed by atoms with Crippen LogP contribution in [0, 0.1) is 26.2 Å². The fraction of sp³-hybridized carbons (Fsp3) is 0.500. The van der Waals surface area contributed by atoms with E-state index in [1.165, 1.54) is 50.6 Å². The molecule has 3 aromatic rings. The predicted octanol–water partition coefficient (Wildman–Crippen LogP) is 4.60. The Morgan fingerprint density at radius 2 is 2.03 bits per heavy atom. The predicted molar refractivity (Wildman–Crippen MR) is 131 cm³/mol. The van der Waals surface area contributed by atoms with Gasteiger partial charge in [-0.1, -0.05) is 18.2 Å². The molecule has 6 rings (SSSR count). The Bertz CT molecular complexity index is 1180.